The van der Waals surface area contributed by atoms with Gasteiger partial charge in [0, 0.05) is 28.0 Å². The second-order valence-electron chi connectivity index (χ2n) is 11.2. The van der Waals surface area contributed by atoms with Gasteiger partial charge in [0.25, 0.3) is 0 Å². The lowest BCUT2D eigenvalue weighted by atomic mass is 10.0. The summed E-state index contributed by atoms with van der Waals surface area (Å²) in [6.07, 6.45) is 0. The second kappa shape index (κ2) is 10.2. The third-order valence-corrected chi connectivity index (χ3v) is 8.48. The Morgan fingerprint density at radius 1 is 0.422 bits per heavy atom. The molecule has 0 N–H and O–H groups in total. The number of rotatable bonds is 5. The third-order valence-electron chi connectivity index (χ3n) is 8.48. The molecular formula is C41H26N2O2. The smallest absolute Gasteiger partial charge is 0.227 e. The van der Waals surface area contributed by atoms with Gasteiger partial charge in [-0.15, -0.1) is 0 Å². The van der Waals surface area contributed by atoms with Crippen LogP contribution < -0.4 is 4.90 Å². The van der Waals surface area contributed by atoms with E-state index in [4.69, 9.17) is 13.8 Å². The zero-order valence-corrected chi connectivity index (χ0v) is 24.2. The van der Waals surface area contributed by atoms with Crippen molar-refractivity contribution in [2.45, 2.75) is 0 Å². The summed E-state index contributed by atoms with van der Waals surface area (Å²) in [6.45, 7) is 0. The normalized spacial score (nSPS) is 11.6. The summed E-state index contributed by atoms with van der Waals surface area (Å²) < 4.78 is 12.4. The number of anilines is 3. The minimum absolute atomic E-state index is 0.605. The molecule has 0 fully saturated rings. The van der Waals surface area contributed by atoms with Gasteiger partial charge in [0.2, 0.25) is 5.89 Å². The van der Waals surface area contributed by atoms with Crippen LogP contribution in [0.2, 0.25) is 0 Å². The van der Waals surface area contributed by atoms with Gasteiger partial charge in [0.05, 0.1) is 5.39 Å². The van der Waals surface area contributed by atoms with Gasteiger partial charge in [0.15, 0.2) is 5.58 Å². The van der Waals surface area contributed by atoms with Gasteiger partial charge in [-0.1, -0.05) is 84.9 Å². The number of oxazole rings is 1. The van der Waals surface area contributed by atoms with E-state index in [2.05, 4.69) is 114 Å². The fraction of sp³-hybridized carbons (Fsp3) is 0. The van der Waals surface area contributed by atoms with Crippen LogP contribution in [0.15, 0.2) is 167 Å². The first-order chi connectivity index (χ1) is 22.3. The number of hydrogen-bond acceptors (Lipinski definition) is 4. The maximum atomic E-state index is 6.26. The molecule has 7 aromatic carbocycles. The first-order valence-electron chi connectivity index (χ1n) is 15.0. The van der Waals surface area contributed by atoms with Crippen LogP contribution >= 0.6 is 0 Å². The van der Waals surface area contributed by atoms with Crippen molar-refractivity contribution in [1.29, 1.82) is 0 Å². The summed E-state index contributed by atoms with van der Waals surface area (Å²) in [6, 6.07) is 54.6. The molecule has 0 amide bonds. The average molecular weight is 579 g/mol. The van der Waals surface area contributed by atoms with E-state index in [1.165, 1.54) is 10.8 Å². The van der Waals surface area contributed by atoms with Crippen LogP contribution in [0.5, 0.6) is 0 Å². The van der Waals surface area contributed by atoms with Crippen molar-refractivity contribution in [2.24, 2.45) is 0 Å². The lowest BCUT2D eigenvalue weighted by Gasteiger charge is -2.26. The number of hydrogen-bond donors (Lipinski definition) is 0. The zero-order valence-electron chi connectivity index (χ0n) is 24.2. The highest BCUT2D eigenvalue weighted by Crippen LogP contribution is 2.40. The Hall–Kier alpha value is -6.13. The summed E-state index contributed by atoms with van der Waals surface area (Å²) in [5.41, 5.74) is 9.68. The van der Waals surface area contributed by atoms with Gasteiger partial charge in [-0.3, -0.25) is 0 Å². The molecule has 4 heteroatoms. The van der Waals surface area contributed by atoms with Crippen molar-refractivity contribution in [3.05, 3.63) is 158 Å². The Labute approximate surface area is 259 Å². The van der Waals surface area contributed by atoms with E-state index in [0.717, 1.165) is 66.8 Å². The lowest BCUT2D eigenvalue weighted by molar-refractivity contribution is 0.619. The van der Waals surface area contributed by atoms with Crippen molar-refractivity contribution in [1.82, 2.24) is 4.98 Å². The van der Waals surface area contributed by atoms with Crippen molar-refractivity contribution in [3.63, 3.8) is 0 Å². The molecule has 0 aliphatic heterocycles. The lowest BCUT2D eigenvalue weighted by Crippen LogP contribution is -2.09. The Balaban J connectivity index is 1.13. The molecule has 2 heterocycles. The molecule has 0 aliphatic rings. The maximum Gasteiger partial charge on any atom is 0.227 e. The van der Waals surface area contributed by atoms with E-state index < -0.39 is 0 Å². The molecule has 0 saturated carbocycles. The highest BCUT2D eigenvalue weighted by molar-refractivity contribution is 6.17. The Morgan fingerprint density at radius 3 is 1.89 bits per heavy atom. The number of para-hydroxylation sites is 1. The maximum absolute atomic E-state index is 6.26. The first-order valence-corrected chi connectivity index (χ1v) is 15.0. The summed E-state index contributed by atoms with van der Waals surface area (Å²) in [5, 5.41) is 4.43. The predicted octanol–water partition coefficient (Wildman–Crippen LogP) is 11.7. The molecule has 0 spiro atoms. The molecule has 212 valence electrons. The van der Waals surface area contributed by atoms with Gasteiger partial charge < -0.3 is 13.7 Å². The Bertz CT molecular complexity index is 2480. The molecular weight excluding hydrogens is 552 g/mol. The van der Waals surface area contributed by atoms with Crippen LogP contribution in [0.4, 0.5) is 17.1 Å². The van der Waals surface area contributed by atoms with Crippen LogP contribution in [-0.4, -0.2) is 4.98 Å². The van der Waals surface area contributed by atoms with Gasteiger partial charge in [-0.05, 0) is 94.7 Å². The summed E-state index contributed by atoms with van der Waals surface area (Å²) in [5.74, 6) is 0.605. The Kier molecular flexibility index (Phi) is 5.78. The number of nitrogens with zero attached hydrogens (tertiary/aromatic N) is 2. The minimum atomic E-state index is 0.605. The fourth-order valence-corrected chi connectivity index (χ4v) is 6.28. The van der Waals surface area contributed by atoms with Gasteiger partial charge >= 0.3 is 0 Å². The second-order valence-corrected chi connectivity index (χ2v) is 11.2. The molecule has 0 saturated heterocycles. The summed E-state index contributed by atoms with van der Waals surface area (Å²) >= 11 is 0. The molecule has 0 aliphatic carbocycles. The minimum Gasteiger partial charge on any atom is -0.456 e. The van der Waals surface area contributed by atoms with Crippen LogP contribution in [-0.2, 0) is 0 Å². The van der Waals surface area contributed by atoms with E-state index in [1.807, 2.05) is 48.5 Å². The van der Waals surface area contributed by atoms with Crippen molar-refractivity contribution in [3.8, 4) is 22.6 Å². The number of furan rings is 1. The topological polar surface area (TPSA) is 42.4 Å². The highest BCUT2D eigenvalue weighted by Gasteiger charge is 2.18. The predicted molar refractivity (Wildman–Crippen MR) is 184 cm³/mol. The van der Waals surface area contributed by atoms with Crippen LogP contribution in [0, 0.1) is 0 Å². The standard InChI is InChI=1S/C41H26N2O2/c1-3-10-29(11-4-1)41-42-40-38(45-41)24-23-37-39(40)35-26-31(18-22-36(35)44-37)28-15-19-33(20-16-28)43(32-13-5-2-6-14-32)34-21-17-27-9-7-8-12-30(27)25-34/h1-26H. The number of benzene rings is 7. The van der Waals surface area contributed by atoms with Gasteiger partial charge in [-0.2, -0.15) is 0 Å². The molecule has 9 aromatic rings. The van der Waals surface area contributed by atoms with Gasteiger partial charge in [0.1, 0.15) is 16.7 Å². The molecule has 0 radical (unpaired) electrons. The SMILES string of the molecule is c1ccc(-c2nc3c(ccc4oc5ccc(-c6ccc(N(c7ccccc7)c7ccc8ccccc8c7)cc6)cc5c43)o2)cc1. The van der Waals surface area contributed by atoms with Crippen molar-refractivity contribution >= 4 is 60.9 Å². The fourth-order valence-electron chi connectivity index (χ4n) is 6.28. The molecule has 0 bridgehead atoms. The van der Waals surface area contributed by atoms with E-state index in [1.54, 1.807) is 0 Å². The molecule has 4 nitrogen and oxygen atoms in total. The monoisotopic (exact) mass is 578 g/mol. The molecule has 0 atom stereocenters. The zero-order chi connectivity index (χ0) is 29.7. The van der Waals surface area contributed by atoms with Crippen molar-refractivity contribution < 1.29 is 8.83 Å². The molecule has 2 aromatic heterocycles. The highest BCUT2D eigenvalue weighted by atomic mass is 16.4. The third kappa shape index (κ3) is 4.35. The van der Waals surface area contributed by atoms with Gasteiger partial charge in [-0.25, -0.2) is 4.98 Å². The van der Waals surface area contributed by atoms with Crippen LogP contribution in [0.25, 0.3) is 66.4 Å². The van der Waals surface area contributed by atoms with E-state index in [9.17, 15) is 0 Å². The average Bonchev–Trinajstić information content (AvgIpc) is 3.71. The number of fused-ring (bicyclic) bond motifs is 6. The summed E-state index contributed by atoms with van der Waals surface area (Å²) in [7, 11) is 0. The number of aromatic nitrogens is 1. The van der Waals surface area contributed by atoms with Crippen molar-refractivity contribution in [2.75, 3.05) is 4.90 Å². The molecule has 9 rings (SSSR count). The van der Waals surface area contributed by atoms with E-state index >= 15 is 0 Å². The van der Waals surface area contributed by atoms with Crippen LogP contribution in [0.1, 0.15) is 0 Å². The van der Waals surface area contributed by atoms with E-state index in [-0.39, 0.29) is 0 Å². The van der Waals surface area contributed by atoms with E-state index in [0.29, 0.717) is 5.89 Å². The first kappa shape index (κ1) is 25.4. The Morgan fingerprint density at radius 2 is 1.07 bits per heavy atom. The largest absolute Gasteiger partial charge is 0.456 e. The molecule has 0 unspecified atom stereocenters. The summed E-state index contributed by atoms with van der Waals surface area (Å²) in [4.78, 5) is 7.21. The van der Waals surface area contributed by atoms with Crippen LogP contribution in [0.3, 0.4) is 0 Å². The molecule has 45 heavy (non-hydrogen) atoms. The quantitative estimate of drug-likeness (QED) is 0.204.